The van der Waals surface area contributed by atoms with Crippen LogP contribution in [-0.4, -0.2) is 24.1 Å². The molecule has 0 amide bonds. The summed E-state index contributed by atoms with van der Waals surface area (Å²) in [5, 5.41) is 0. The summed E-state index contributed by atoms with van der Waals surface area (Å²) in [7, 11) is 0. The van der Waals surface area contributed by atoms with Crippen molar-refractivity contribution in [2.45, 2.75) is 44.4 Å². The van der Waals surface area contributed by atoms with Crippen molar-refractivity contribution in [3.05, 3.63) is 59.7 Å². The summed E-state index contributed by atoms with van der Waals surface area (Å²) in [5.74, 6) is -1.90. The van der Waals surface area contributed by atoms with Crippen LogP contribution in [0.4, 0.5) is 13.2 Å². The van der Waals surface area contributed by atoms with Gasteiger partial charge >= 0.3 is 18.1 Å². The molecule has 0 radical (unpaired) electrons. The van der Waals surface area contributed by atoms with Gasteiger partial charge in [-0.15, -0.1) is 0 Å². The number of esters is 2. The highest BCUT2D eigenvalue weighted by Gasteiger charge is 2.38. The number of hydrogen-bond acceptors (Lipinski definition) is 5. The van der Waals surface area contributed by atoms with Gasteiger partial charge in [-0.1, -0.05) is 18.2 Å². The molecular weight excluding hydrogens is 401 g/mol. The SMILES string of the molecule is CC1(Oc2cc(C(=O)OCC(=O)Oc3ccccc3)ccc2C(F)(F)F)CCCC1. The Balaban J connectivity index is 1.70. The number of carbonyl (C=O) groups is 2. The Hall–Kier alpha value is -3.03. The molecule has 0 unspecified atom stereocenters. The number of ether oxygens (including phenoxy) is 3. The van der Waals surface area contributed by atoms with E-state index in [9.17, 15) is 22.8 Å². The number of rotatable bonds is 6. The Morgan fingerprint density at radius 3 is 2.33 bits per heavy atom. The van der Waals surface area contributed by atoms with Crippen molar-refractivity contribution in [1.82, 2.24) is 0 Å². The van der Waals surface area contributed by atoms with E-state index in [-0.39, 0.29) is 11.3 Å². The number of alkyl halides is 3. The molecular formula is C22H21F3O5. The van der Waals surface area contributed by atoms with Crippen LogP contribution in [0.2, 0.25) is 0 Å². The molecule has 0 bridgehead atoms. The van der Waals surface area contributed by atoms with Gasteiger partial charge in [0.15, 0.2) is 6.61 Å². The first kappa shape index (κ1) is 21.7. The van der Waals surface area contributed by atoms with Gasteiger partial charge in [0.05, 0.1) is 11.1 Å². The predicted molar refractivity (Wildman–Crippen MR) is 101 cm³/mol. The van der Waals surface area contributed by atoms with Crippen molar-refractivity contribution in [3.8, 4) is 11.5 Å². The van der Waals surface area contributed by atoms with Gasteiger partial charge in [0.1, 0.15) is 17.1 Å². The lowest BCUT2D eigenvalue weighted by molar-refractivity contribution is -0.140. The summed E-state index contributed by atoms with van der Waals surface area (Å²) in [6.45, 7) is 1.08. The Morgan fingerprint density at radius 2 is 1.70 bits per heavy atom. The lowest BCUT2D eigenvalue weighted by Gasteiger charge is -2.27. The van der Waals surface area contributed by atoms with Gasteiger partial charge in [-0.2, -0.15) is 13.2 Å². The van der Waals surface area contributed by atoms with Gasteiger partial charge in [0.2, 0.25) is 0 Å². The Bertz CT molecular complexity index is 903. The monoisotopic (exact) mass is 422 g/mol. The molecule has 1 fully saturated rings. The fourth-order valence-corrected chi connectivity index (χ4v) is 3.32. The average Bonchev–Trinajstić information content (AvgIpc) is 3.12. The van der Waals surface area contributed by atoms with Crippen LogP contribution in [0.1, 0.15) is 48.5 Å². The van der Waals surface area contributed by atoms with Crippen LogP contribution in [-0.2, 0) is 15.7 Å². The molecule has 0 heterocycles. The summed E-state index contributed by atoms with van der Waals surface area (Å²) in [6.07, 6.45) is -1.65. The fourth-order valence-electron chi connectivity index (χ4n) is 3.32. The molecule has 3 rings (SSSR count). The summed E-state index contributed by atoms with van der Waals surface area (Å²) in [5.41, 5.74) is -1.83. The molecule has 1 saturated carbocycles. The molecule has 30 heavy (non-hydrogen) atoms. The third kappa shape index (κ3) is 5.52. The van der Waals surface area contributed by atoms with E-state index >= 15 is 0 Å². The molecule has 0 saturated heterocycles. The van der Waals surface area contributed by atoms with Gasteiger partial charge in [-0.25, -0.2) is 9.59 Å². The Kier molecular flexibility index (Phi) is 6.34. The van der Waals surface area contributed by atoms with Crippen LogP contribution in [0.5, 0.6) is 11.5 Å². The van der Waals surface area contributed by atoms with Crippen molar-refractivity contribution in [3.63, 3.8) is 0 Å². The van der Waals surface area contributed by atoms with E-state index < -0.39 is 41.6 Å². The van der Waals surface area contributed by atoms with Gasteiger partial charge in [-0.05, 0) is 62.9 Å². The first-order valence-corrected chi connectivity index (χ1v) is 9.49. The van der Waals surface area contributed by atoms with Gasteiger partial charge < -0.3 is 14.2 Å². The second kappa shape index (κ2) is 8.77. The molecule has 0 aliphatic heterocycles. The maximum Gasteiger partial charge on any atom is 0.419 e. The lowest BCUT2D eigenvalue weighted by Crippen LogP contribution is -2.29. The van der Waals surface area contributed by atoms with Crippen molar-refractivity contribution >= 4 is 11.9 Å². The maximum atomic E-state index is 13.4. The smallest absolute Gasteiger partial charge is 0.419 e. The lowest BCUT2D eigenvalue weighted by atomic mass is 10.0. The maximum absolute atomic E-state index is 13.4. The largest absolute Gasteiger partial charge is 0.487 e. The van der Waals surface area contributed by atoms with Crippen molar-refractivity contribution in [2.75, 3.05) is 6.61 Å². The molecule has 0 N–H and O–H groups in total. The zero-order chi connectivity index (χ0) is 21.8. The molecule has 5 nitrogen and oxygen atoms in total. The first-order chi connectivity index (χ1) is 14.2. The molecule has 1 aliphatic carbocycles. The van der Waals surface area contributed by atoms with E-state index in [1.54, 1.807) is 37.3 Å². The van der Waals surface area contributed by atoms with Gasteiger partial charge in [0.25, 0.3) is 0 Å². The summed E-state index contributed by atoms with van der Waals surface area (Å²) >= 11 is 0. The normalized spacial score (nSPS) is 15.5. The van der Waals surface area contributed by atoms with Crippen molar-refractivity contribution in [2.24, 2.45) is 0 Å². The molecule has 0 aromatic heterocycles. The quantitative estimate of drug-likeness (QED) is 0.474. The van der Waals surface area contributed by atoms with E-state index in [0.717, 1.165) is 31.0 Å². The fraction of sp³-hybridized carbons (Fsp3) is 0.364. The average molecular weight is 422 g/mol. The second-order valence-electron chi connectivity index (χ2n) is 7.33. The predicted octanol–water partition coefficient (Wildman–Crippen LogP) is 5.18. The first-order valence-electron chi connectivity index (χ1n) is 9.49. The number of carbonyl (C=O) groups excluding carboxylic acids is 2. The number of hydrogen-bond donors (Lipinski definition) is 0. The highest BCUT2D eigenvalue weighted by atomic mass is 19.4. The van der Waals surface area contributed by atoms with E-state index in [4.69, 9.17) is 14.2 Å². The molecule has 0 spiro atoms. The van der Waals surface area contributed by atoms with E-state index in [1.807, 2.05) is 0 Å². The minimum atomic E-state index is -4.63. The topological polar surface area (TPSA) is 61.8 Å². The zero-order valence-electron chi connectivity index (χ0n) is 16.3. The summed E-state index contributed by atoms with van der Waals surface area (Å²) in [6, 6.07) is 11.0. The second-order valence-corrected chi connectivity index (χ2v) is 7.33. The number of para-hydroxylation sites is 1. The van der Waals surface area contributed by atoms with Crippen LogP contribution in [0.15, 0.2) is 48.5 Å². The minimum Gasteiger partial charge on any atom is -0.487 e. The van der Waals surface area contributed by atoms with Crippen LogP contribution in [0, 0.1) is 0 Å². The van der Waals surface area contributed by atoms with Gasteiger partial charge in [0, 0.05) is 0 Å². The molecule has 1 aliphatic rings. The van der Waals surface area contributed by atoms with E-state index in [0.29, 0.717) is 12.8 Å². The zero-order valence-corrected chi connectivity index (χ0v) is 16.3. The highest BCUT2D eigenvalue weighted by molar-refractivity contribution is 5.91. The third-order valence-corrected chi connectivity index (χ3v) is 4.84. The Labute approximate surface area is 171 Å². The van der Waals surface area contributed by atoms with E-state index in [2.05, 4.69) is 0 Å². The Morgan fingerprint density at radius 1 is 1.03 bits per heavy atom. The van der Waals surface area contributed by atoms with Crippen molar-refractivity contribution < 1.29 is 37.0 Å². The van der Waals surface area contributed by atoms with E-state index in [1.165, 1.54) is 0 Å². The molecule has 0 atom stereocenters. The van der Waals surface area contributed by atoms with Crippen molar-refractivity contribution in [1.29, 1.82) is 0 Å². The molecule has 2 aromatic carbocycles. The standard InChI is InChI=1S/C22H21F3O5/c1-21(11-5-6-12-21)30-18-13-15(9-10-17(18)22(23,24)25)20(27)28-14-19(26)29-16-7-3-2-4-8-16/h2-4,7-10,13H,5-6,11-12,14H2,1H3. The van der Waals surface area contributed by atoms with Gasteiger partial charge in [-0.3, -0.25) is 0 Å². The van der Waals surface area contributed by atoms with Crippen LogP contribution < -0.4 is 9.47 Å². The summed E-state index contributed by atoms with van der Waals surface area (Å²) in [4.78, 5) is 24.1. The number of benzene rings is 2. The minimum absolute atomic E-state index is 0.146. The third-order valence-electron chi connectivity index (χ3n) is 4.84. The highest BCUT2D eigenvalue weighted by Crippen LogP contribution is 2.41. The molecule has 160 valence electrons. The molecule has 8 heteroatoms. The van der Waals surface area contributed by atoms with Crippen LogP contribution in [0.3, 0.4) is 0 Å². The van der Waals surface area contributed by atoms with Crippen LogP contribution >= 0.6 is 0 Å². The molecule has 2 aromatic rings. The number of halogens is 3. The van der Waals surface area contributed by atoms with Crippen LogP contribution in [0.25, 0.3) is 0 Å². The summed E-state index contributed by atoms with van der Waals surface area (Å²) < 4.78 is 55.7.